The molecule has 1 N–H and O–H groups in total. The van der Waals surface area contributed by atoms with Crippen LogP contribution >= 0.6 is 0 Å². The van der Waals surface area contributed by atoms with E-state index >= 15 is 0 Å². The van der Waals surface area contributed by atoms with Crippen LogP contribution in [-0.2, 0) is 4.79 Å². The molecule has 0 aliphatic heterocycles. The topological polar surface area (TPSA) is 63.9 Å². The van der Waals surface area contributed by atoms with E-state index in [1.54, 1.807) is 19.4 Å². The number of hydrogen-bond donors (Lipinski definition) is 1. The van der Waals surface area contributed by atoms with Crippen molar-refractivity contribution in [2.24, 2.45) is 0 Å². The molecule has 6 nitrogen and oxygen atoms in total. The van der Waals surface area contributed by atoms with Gasteiger partial charge in [0.2, 0.25) is 5.91 Å². The minimum absolute atomic E-state index is 0.0205. The highest BCUT2D eigenvalue weighted by atomic mass is 16.5. The molecule has 1 aromatic carbocycles. The molecule has 2 rings (SSSR count). The predicted molar refractivity (Wildman–Crippen MR) is 101 cm³/mol. The van der Waals surface area contributed by atoms with Crippen molar-refractivity contribution >= 4 is 12.0 Å². The van der Waals surface area contributed by atoms with Crippen LogP contribution in [0.25, 0.3) is 6.08 Å². The number of likely N-dealkylation sites (N-methyl/N-ethyl adjacent to an activating group) is 1. The Kier molecular flexibility index (Phi) is 7.29. The standard InChI is InChI=1S/C20H26N2O4/c1-5-25-19-13-15(8-10-18(19)24-4)9-11-20(23)21-14-16(22(2)3)17-7-6-12-26-17/h6-13,16H,5,14H2,1-4H3,(H,21,23). The summed E-state index contributed by atoms with van der Waals surface area (Å²) in [5, 5.41) is 2.90. The van der Waals surface area contributed by atoms with E-state index < -0.39 is 0 Å². The molecule has 2 aromatic rings. The number of rotatable bonds is 9. The fraction of sp³-hybridized carbons (Fsp3) is 0.350. The molecule has 1 amide bonds. The Hall–Kier alpha value is -2.73. The van der Waals surface area contributed by atoms with Crippen molar-refractivity contribution in [3.05, 3.63) is 54.0 Å². The number of furan rings is 1. The molecule has 6 heteroatoms. The number of hydrogen-bond acceptors (Lipinski definition) is 5. The number of amides is 1. The molecule has 0 saturated heterocycles. The molecule has 0 saturated carbocycles. The van der Waals surface area contributed by atoms with Gasteiger partial charge >= 0.3 is 0 Å². The summed E-state index contributed by atoms with van der Waals surface area (Å²) in [5.41, 5.74) is 0.861. The summed E-state index contributed by atoms with van der Waals surface area (Å²) in [6.07, 6.45) is 4.88. The molecule has 0 fully saturated rings. The number of carbonyl (C=O) groups is 1. The van der Waals surface area contributed by atoms with Crippen molar-refractivity contribution in [3.8, 4) is 11.5 Å². The van der Waals surface area contributed by atoms with E-state index in [2.05, 4.69) is 5.32 Å². The Morgan fingerprint density at radius 3 is 2.73 bits per heavy atom. The fourth-order valence-corrected chi connectivity index (χ4v) is 2.51. The summed E-state index contributed by atoms with van der Waals surface area (Å²) in [6, 6.07) is 9.26. The van der Waals surface area contributed by atoms with Gasteiger partial charge in [0.25, 0.3) is 0 Å². The third-order valence-corrected chi connectivity index (χ3v) is 3.88. The van der Waals surface area contributed by atoms with Gasteiger partial charge in [0.05, 0.1) is 26.0 Å². The molecule has 0 aliphatic rings. The van der Waals surface area contributed by atoms with Crippen LogP contribution in [0.15, 0.2) is 47.1 Å². The summed E-state index contributed by atoms with van der Waals surface area (Å²) in [6.45, 7) is 2.91. The lowest BCUT2D eigenvalue weighted by atomic mass is 10.2. The lowest BCUT2D eigenvalue weighted by Crippen LogP contribution is -2.33. The molecule has 1 unspecified atom stereocenters. The van der Waals surface area contributed by atoms with Crippen LogP contribution in [-0.4, -0.2) is 45.2 Å². The first-order valence-electron chi connectivity index (χ1n) is 8.51. The van der Waals surface area contributed by atoms with E-state index in [1.165, 1.54) is 6.08 Å². The number of ether oxygens (including phenoxy) is 2. The van der Waals surface area contributed by atoms with Crippen molar-refractivity contribution in [2.45, 2.75) is 13.0 Å². The molecule has 1 heterocycles. The predicted octanol–water partition coefficient (Wildman–Crippen LogP) is 3.12. The Balaban J connectivity index is 1.97. The molecule has 0 spiro atoms. The summed E-state index contributed by atoms with van der Waals surface area (Å²) in [5.74, 6) is 1.97. The average molecular weight is 358 g/mol. The highest BCUT2D eigenvalue weighted by Crippen LogP contribution is 2.28. The fourth-order valence-electron chi connectivity index (χ4n) is 2.51. The molecular weight excluding hydrogens is 332 g/mol. The van der Waals surface area contributed by atoms with E-state index in [0.717, 1.165) is 11.3 Å². The second-order valence-electron chi connectivity index (χ2n) is 5.92. The van der Waals surface area contributed by atoms with Crippen molar-refractivity contribution < 1.29 is 18.7 Å². The number of methoxy groups -OCH3 is 1. The van der Waals surface area contributed by atoms with Crippen LogP contribution in [0.2, 0.25) is 0 Å². The molecule has 26 heavy (non-hydrogen) atoms. The van der Waals surface area contributed by atoms with E-state index in [9.17, 15) is 4.79 Å². The van der Waals surface area contributed by atoms with Crippen LogP contribution in [0.1, 0.15) is 24.3 Å². The second-order valence-corrected chi connectivity index (χ2v) is 5.92. The molecule has 140 valence electrons. The zero-order valence-corrected chi connectivity index (χ0v) is 15.7. The quantitative estimate of drug-likeness (QED) is 0.698. The van der Waals surface area contributed by atoms with Gasteiger partial charge in [0.15, 0.2) is 11.5 Å². The first-order chi connectivity index (χ1) is 12.5. The van der Waals surface area contributed by atoms with Gasteiger partial charge in [-0.2, -0.15) is 0 Å². The smallest absolute Gasteiger partial charge is 0.244 e. The summed E-state index contributed by atoms with van der Waals surface area (Å²) < 4.78 is 16.2. The minimum Gasteiger partial charge on any atom is -0.493 e. The van der Waals surface area contributed by atoms with E-state index in [0.29, 0.717) is 24.7 Å². The van der Waals surface area contributed by atoms with Crippen LogP contribution in [0.4, 0.5) is 0 Å². The molecule has 1 aromatic heterocycles. The highest BCUT2D eigenvalue weighted by Gasteiger charge is 2.17. The largest absolute Gasteiger partial charge is 0.493 e. The van der Waals surface area contributed by atoms with E-state index in [4.69, 9.17) is 13.9 Å². The number of carbonyl (C=O) groups excluding carboxylic acids is 1. The maximum Gasteiger partial charge on any atom is 0.244 e. The zero-order chi connectivity index (χ0) is 18.9. The Bertz CT molecular complexity index is 723. The molecular formula is C20H26N2O4. The van der Waals surface area contributed by atoms with Crippen LogP contribution in [0.5, 0.6) is 11.5 Å². The van der Waals surface area contributed by atoms with Crippen molar-refractivity contribution in [1.82, 2.24) is 10.2 Å². The van der Waals surface area contributed by atoms with Gasteiger partial charge in [-0.3, -0.25) is 9.69 Å². The van der Waals surface area contributed by atoms with Gasteiger partial charge in [-0.05, 0) is 56.9 Å². The van der Waals surface area contributed by atoms with Gasteiger partial charge in [0, 0.05) is 12.6 Å². The summed E-state index contributed by atoms with van der Waals surface area (Å²) in [7, 11) is 5.49. The maximum absolute atomic E-state index is 12.1. The lowest BCUT2D eigenvalue weighted by molar-refractivity contribution is -0.116. The lowest BCUT2D eigenvalue weighted by Gasteiger charge is -2.22. The van der Waals surface area contributed by atoms with Crippen LogP contribution in [0, 0.1) is 0 Å². The molecule has 0 radical (unpaired) electrons. The van der Waals surface area contributed by atoms with Crippen molar-refractivity contribution in [3.63, 3.8) is 0 Å². The molecule has 1 atom stereocenters. The Morgan fingerprint density at radius 1 is 1.31 bits per heavy atom. The normalized spacial score (nSPS) is 12.3. The van der Waals surface area contributed by atoms with E-state index in [-0.39, 0.29) is 11.9 Å². The Labute approximate surface area is 154 Å². The SMILES string of the molecule is CCOc1cc(C=CC(=O)NCC(c2ccco2)N(C)C)ccc1OC. The third-order valence-electron chi connectivity index (χ3n) is 3.88. The average Bonchev–Trinajstić information content (AvgIpc) is 3.14. The first-order valence-corrected chi connectivity index (χ1v) is 8.51. The molecule has 0 aliphatic carbocycles. The van der Waals surface area contributed by atoms with Crippen molar-refractivity contribution in [1.29, 1.82) is 0 Å². The zero-order valence-electron chi connectivity index (χ0n) is 15.7. The number of benzene rings is 1. The number of nitrogens with zero attached hydrogens (tertiary/aromatic N) is 1. The highest BCUT2D eigenvalue weighted by molar-refractivity contribution is 5.91. The van der Waals surface area contributed by atoms with Crippen LogP contribution < -0.4 is 14.8 Å². The van der Waals surface area contributed by atoms with Gasteiger partial charge in [-0.1, -0.05) is 6.07 Å². The number of nitrogens with one attached hydrogen (secondary N) is 1. The monoisotopic (exact) mass is 358 g/mol. The maximum atomic E-state index is 12.1. The summed E-state index contributed by atoms with van der Waals surface area (Å²) in [4.78, 5) is 14.1. The van der Waals surface area contributed by atoms with Gasteiger partial charge in [-0.15, -0.1) is 0 Å². The molecule has 0 bridgehead atoms. The minimum atomic E-state index is -0.169. The Morgan fingerprint density at radius 2 is 2.12 bits per heavy atom. The van der Waals surface area contributed by atoms with Crippen molar-refractivity contribution in [2.75, 3.05) is 34.4 Å². The van der Waals surface area contributed by atoms with E-state index in [1.807, 2.05) is 56.3 Å². The third kappa shape index (κ3) is 5.39. The van der Waals surface area contributed by atoms with Gasteiger partial charge in [0.1, 0.15) is 5.76 Å². The van der Waals surface area contributed by atoms with Crippen LogP contribution in [0.3, 0.4) is 0 Å². The van der Waals surface area contributed by atoms with Gasteiger partial charge < -0.3 is 19.2 Å². The first kappa shape index (κ1) is 19.6. The van der Waals surface area contributed by atoms with Gasteiger partial charge in [-0.25, -0.2) is 0 Å². The summed E-state index contributed by atoms with van der Waals surface area (Å²) >= 11 is 0. The second kappa shape index (κ2) is 9.68.